The van der Waals surface area contributed by atoms with Gasteiger partial charge in [-0.05, 0) is 12.1 Å². The number of nitrogens with one attached hydrogen (secondary N) is 1. The zero-order chi connectivity index (χ0) is 12.6. The second-order valence-electron chi connectivity index (χ2n) is 2.66. The lowest BCUT2D eigenvalue weighted by molar-refractivity contribution is 0.247. The van der Waals surface area contributed by atoms with Gasteiger partial charge in [0.2, 0.25) is 0 Å². The zero-order valence-electron chi connectivity index (χ0n) is 8.57. The Morgan fingerprint density at radius 1 is 1.31 bits per heavy atom. The van der Waals surface area contributed by atoms with Crippen molar-refractivity contribution in [2.45, 2.75) is 0 Å². The van der Waals surface area contributed by atoms with Gasteiger partial charge >= 0.3 is 6.03 Å². The Hall–Kier alpha value is -1.80. The van der Waals surface area contributed by atoms with Crippen molar-refractivity contribution in [1.29, 1.82) is 0 Å². The minimum atomic E-state index is -3.67. The van der Waals surface area contributed by atoms with Crippen molar-refractivity contribution in [3.05, 3.63) is 36.7 Å². The van der Waals surface area contributed by atoms with Gasteiger partial charge < -0.3 is 5.73 Å². The monoisotopic (exact) mass is 247 g/mol. The number of aromatic nitrogens is 2. The third-order valence-corrected chi connectivity index (χ3v) is 1.12. The fourth-order valence-corrected chi connectivity index (χ4v) is 0.623. The van der Waals surface area contributed by atoms with Crippen LogP contribution >= 0.6 is 0 Å². The fourth-order valence-electron chi connectivity index (χ4n) is 0.623. The lowest BCUT2D eigenvalue weighted by Gasteiger charge is -1.95. The van der Waals surface area contributed by atoms with E-state index in [0.717, 1.165) is 0 Å². The number of nitrogens with zero attached hydrogens (tertiary/aromatic N) is 1. The van der Waals surface area contributed by atoms with Crippen molar-refractivity contribution >= 4 is 16.1 Å². The first-order valence-corrected chi connectivity index (χ1v) is 5.93. The molecule has 0 saturated carbocycles. The molecule has 1 amide bonds. The standard InChI is InChI=1S/C7H9N3O.CH4O3S/c8-7(11)10-6-4-2-1-3-5-9-10;1-5(2,3)4/h1-6,9H,(H2,8,11);1H3,(H,2,3,4). The van der Waals surface area contributed by atoms with Gasteiger partial charge in [0.25, 0.3) is 10.1 Å². The van der Waals surface area contributed by atoms with Gasteiger partial charge in [-0.1, -0.05) is 12.1 Å². The van der Waals surface area contributed by atoms with Crippen LogP contribution in [0.25, 0.3) is 0 Å². The molecule has 0 bridgehead atoms. The molecule has 16 heavy (non-hydrogen) atoms. The molecule has 0 fully saturated rings. The van der Waals surface area contributed by atoms with Gasteiger partial charge in [-0.15, -0.1) is 0 Å². The summed E-state index contributed by atoms with van der Waals surface area (Å²) in [6, 6.07) is 6.57. The van der Waals surface area contributed by atoms with E-state index in [-0.39, 0.29) is 0 Å². The van der Waals surface area contributed by atoms with Crippen molar-refractivity contribution in [3.8, 4) is 0 Å². The maximum Gasteiger partial charge on any atom is 0.337 e. The number of amides is 1. The number of carbonyl (C=O) groups is 1. The Bertz CT molecular complexity index is 445. The molecule has 0 atom stereocenters. The minimum Gasteiger partial charge on any atom is -0.350 e. The van der Waals surface area contributed by atoms with E-state index in [2.05, 4.69) is 5.10 Å². The highest BCUT2D eigenvalue weighted by Crippen LogP contribution is 1.79. The molecule has 0 aliphatic carbocycles. The molecule has 0 spiro atoms. The van der Waals surface area contributed by atoms with Crippen molar-refractivity contribution in [1.82, 2.24) is 9.78 Å². The molecule has 0 aromatic carbocycles. The van der Waals surface area contributed by atoms with Crippen LogP contribution < -0.4 is 5.73 Å². The van der Waals surface area contributed by atoms with E-state index in [1.54, 1.807) is 30.6 Å². The van der Waals surface area contributed by atoms with Crippen LogP contribution in [0.1, 0.15) is 0 Å². The van der Waals surface area contributed by atoms with E-state index in [9.17, 15) is 13.2 Å². The third kappa shape index (κ3) is 10.3. The Balaban J connectivity index is 0.000000385. The molecule has 1 aromatic heterocycles. The van der Waals surface area contributed by atoms with Gasteiger partial charge in [0.1, 0.15) is 0 Å². The summed E-state index contributed by atoms with van der Waals surface area (Å²) in [5, 5.41) is 2.66. The molecule has 0 unspecified atom stereocenters. The van der Waals surface area contributed by atoms with Crippen molar-refractivity contribution < 1.29 is 17.8 Å². The lowest BCUT2D eigenvalue weighted by Crippen LogP contribution is -2.20. The Labute approximate surface area is 92.9 Å². The molecule has 0 saturated heterocycles. The number of primary amides is 1. The molecule has 8 heteroatoms. The molecular weight excluding hydrogens is 234 g/mol. The molecule has 1 aromatic rings. The van der Waals surface area contributed by atoms with Gasteiger partial charge in [0.05, 0.1) is 6.26 Å². The van der Waals surface area contributed by atoms with Crippen molar-refractivity contribution in [2.75, 3.05) is 6.26 Å². The van der Waals surface area contributed by atoms with Crippen LogP contribution in [0.4, 0.5) is 4.79 Å². The number of hydrogen-bond donors (Lipinski definition) is 3. The fraction of sp³-hybridized carbons (Fsp3) is 0.125. The second-order valence-corrected chi connectivity index (χ2v) is 4.12. The van der Waals surface area contributed by atoms with Crippen LogP contribution in [0.2, 0.25) is 0 Å². The first-order valence-electron chi connectivity index (χ1n) is 4.08. The second kappa shape index (κ2) is 6.64. The van der Waals surface area contributed by atoms with Crippen LogP contribution in [0.3, 0.4) is 0 Å². The first kappa shape index (κ1) is 14.2. The molecule has 7 nitrogen and oxygen atoms in total. The minimum absolute atomic E-state index is 0.541. The Kier molecular flexibility index (Phi) is 5.89. The van der Waals surface area contributed by atoms with E-state index >= 15 is 0 Å². The Morgan fingerprint density at radius 3 is 2.31 bits per heavy atom. The van der Waals surface area contributed by atoms with Gasteiger partial charge in [0.15, 0.2) is 0 Å². The van der Waals surface area contributed by atoms with E-state index in [4.69, 9.17) is 10.3 Å². The molecule has 1 rings (SSSR count). The summed E-state index contributed by atoms with van der Waals surface area (Å²) in [6.07, 6.45) is 3.88. The van der Waals surface area contributed by atoms with Gasteiger partial charge in [-0.25, -0.2) is 9.48 Å². The maximum absolute atomic E-state index is 10.6. The summed E-state index contributed by atoms with van der Waals surface area (Å²) in [7, 11) is -3.67. The Morgan fingerprint density at radius 2 is 1.81 bits per heavy atom. The summed E-state index contributed by atoms with van der Waals surface area (Å²) in [6.45, 7) is 0. The van der Waals surface area contributed by atoms with E-state index < -0.39 is 16.1 Å². The molecule has 90 valence electrons. The summed E-state index contributed by atoms with van der Waals surface area (Å²) in [4.78, 5) is 10.6. The summed E-state index contributed by atoms with van der Waals surface area (Å²) in [5.74, 6) is 0. The van der Waals surface area contributed by atoms with Crippen LogP contribution in [0.5, 0.6) is 0 Å². The molecule has 1 heterocycles. The molecular formula is C8H13N3O4S. The molecule has 4 N–H and O–H groups in total. The largest absolute Gasteiger partial charge is 0.350 e. The number of H-pyrrole nitrogens is 1. The smallest absolute Gasteiger partial charge is 0.337 e. The van der Waals surface area contributed by atoms with Gasteiger partial charge in [0, 0.05) is 12.4 Å². The molecule has 0 aliphatic heterocycles. The SMILES string of the molecule is CS(=O)(=O)O.NC(=O)n1cccccc[nH]1. The number of aromatic amines is 1. The van der Waals surface area contributed by atoms with Crippen molar-refractivity contribution in [3.63, 3.8) is 0 Å². The quantitative estimate of drug-likeness (QED) is 0.574. The number of nitrogens with two attached hydrogens (primary N) is 1. The zero-order valence-corrected chi connectivity index (χ0v) is 9.39. The highest BCUT2D eigenvalue weighted by atomic mass is 32.2. The number of hydrogen-bond acceptors (Lipinski definition) is 3. The first-order chi connectivity index (χ1) is 7.30. The average molecular weight is 247 g/mol. The summed E-state index contributed by atoms with van der Waals surface area (Å²) in [5.41, 5.74) is 5.00. The summed E-state index contributed by atoms with van der Waals surface area (Å²) < 4.78 is 27.0. The van der Waals surface area contributed by atoms with E-state index in [0.29, 0.717) is 6.26 Å². The predicted molar refractivity (Wildman–Crippen MR) is 58.9 cm³/mol. The average Bonchev–Trinajstić information content (AvgIpc) is 1.97. The predicted octanol–water partition coefficient (Wildman–Crippen LogP) is 0.371. The topological polar surface area (TPSA) is 118 Å². The van der Waals surface area contributed by atoms with Crippen LogP contribution in [-0.2, 0) is 10.1 Å². The third-order valence-electron chi connectivity index (χ3n) is 1.12. The van der Waals surface area contributed by atoms with Crippen LogP contribution in [0, 0.1) is 0 Å². The highest BCUT2D eigenvalue weighted by Gasteiger charge is 1.87. The maximum atomic E-state index is 10.6. The lowest BCUT2D eigenvalue weighted by atomic mass is 10.5. The number of carbonyl (C=O) groups excluding carboxylic acids is 1. The van der Waals surface area contributed by atoms with Gasteiger partial charge in [-0.2, -0.15) is 8.42 Å². The molecule has 0 radical (unpaired) electrons. The highest BCUT2D eigenvalue weighted by molar-refractivity contribution is 7.85. The number of rotatable bonds is 0. The van der Waals surface area contributed by atoms with E-state index in [1.165, 1.54) is 4.68 Å². The van der Waals surface area contributed by atoms with Gasteiger partial charge in [-0.3, -0.25) is 9.65 Å². The summed E-state index contributed by atoms with van der Waals surface area (Å²) >= 11 is 0. The van der Waals surface area contributed by atoms with Crippen LogP contribution in [0.15, 0.2) is 36.7 Å². The molecule has 0 aliphatic rings. The van der Waals surface area contributed by atoms with E-state index in [1.807, 2.05) is 6.07 Å². The normalized spacial score (nSPS) is 9.62. The van der Waals surface area contributed by atoms with Crippen molar-refractivity contribution in [2.24, 2.45) is 5.73 Å². The van der Waals surface area contributed by atoms with Crippen LogP contribution in [-0.4, -0.2) is 35.0 Å².